The van der Waals surface area contributed by atoms with Crippen molar-refractivity contribution in [2.75, 3.05) is 6.54 Å². The number of ether oxygens (including phenoxy) is 2. The third-order valence-electron chi connectivity index (χ3n) is 15.6. The normalized spacial score (nSPS) is 11.5. The van der Waals surface area contributed by atoms with Crippen LogP contribution in [-0.4, -0.2) is 98.3 Å². The van der Waals surface area contributed by atoms with E-state index < -0.39 is 59.4 Å². The van der Waals surface area contributed by atoms with E-state index in [1.165, 1.54) is 161 Å². The van der Waals surface area contributed by atoms with Crippen molar-refractivity contribution in [3.8, 4) is 0 Å². The summed E-state index contributed by atoms with van der Waals surface area (Å²) in [6, 6.07) is 8.85. The van der Waals surface area contributed by atoms with Gasteiger partial charge in [-0.05, 0) is 96.5 Å². The number of carbonyl (C=O) groups is 9. The molecule has 1 aromatic carbocycles. The molecule has 1 aliphatic heterocycles. The fourth-order valence-electron chi connectivity index (χ4n) is 10.2. The quantitative estimate of drug-likeness (QED) is 0.0230. The molecule has 20 nitrogen and oxygen atoms in total. The van der Waals surface area contributed by atoms with E-state index in [2.05, 4.69) is 26.1 Å². The average molecular weight is 1430 g/mol. The molecule has 21 heteroatoms. The number of imide groups is 1. The van der Waals surface area contributed by atoms with E-state index in [1.807, 2.05) is 51.1 Å². The zero-order valence-electron chi connectivity index (χ0n) is 60.6. The van der Waals surface area contributed by atoms with Gasteiger partial charge in [0.05, 0.1) is 0 Å². The zero-order chi connectivity index (χ0) is 71.6. The van der Waals surface area contributed by atoms with Gasteiger partial charge in [0.15, 0.2) is 0 Å². The Labute approximate surface area is 606 Å². The number of aliphatic carboxylic acids is 3. The molecule has 0 aliphatic carbocycles. The monoisotopic (exact) mass is 1430 g/mol. The number of carbonyl (C=O) groups excluding carboxylic acids is 8. The number of amides is 3. The highest BCUT2D eigenvalue weighted by molar-refractivity contribution is 6.01. The van der Waals surface area contributed by atoms with Crippen molar-refractivity contribution in [2.45, 2.75) is 391 Å². The van der Waals surface area contributed by atoms with Gasteiger partial charge < -0.3 is 45.5 Å². The van der Waals surface area contributed by atoms with Gasteiger partial charge in [-0.1, -0.05) is 272 Å². The summed E-state index contributed by atoms with van der Waals surface area (Å²) in [5.74, 6) is -3.43. The number of nitrogens with two attached hydrogens (primary N) is 1. The Kier molecular flexibility index (Phi) is 80.8. The minimum absolute atomic E-state index is 0. The van der Waals surface area contributed by atoms with Crippen LogP contribution in [0, 0.1) is 5.41 Å². The minimum atomic E-state index is -0.687. The summed E-state index contributed by atoms with van der Waals surface area (Å²) in [4.78, 5) is 120. The number of hydrogen-bond acceptors (Lipinski definition) is 15. The predicted molar refractivity (Wildman–Crippen MR) is 399 cm³/mol. The second-order valence-electron chi connectivity index (χ2n) is 27.4. The molecule has 1 heterocycles. The molecule has 580 valence electrons. The van der Waals surface area contributed by atoms with Gasteiger partial charge in [-0.15, -0.1) is 17.5 Å². The van der Waals surface area contributed by atoms with E-state index in [0.717, 1.165) is 102 Å². The molecule has 3 amide bonds. The number of nitrogens with zero attached hydrogens (tertiary/aromatic N) is 1. The number of hydroxylamine groups is 2. The van der Waals surface area contributed by atoms with Crippen LogP contribution in [0.25, 0.3) is 0 Å². The summed E-state index contributed by atoms with van der Waals surface area (Å²) in [6.07, 6.45) is 48.1. The Bertz CT molecular complexity index is 2040. The molecule has 0 spiro atoms. The molecule has 99 heavy (non-hydrogen) atoms. The Morgan fingerprint density at radius 3 is 1.12 bits per heavy atom. The maximum Gasteiger partial charge on any atom is 0.407 e. The molecule has 0 radical (unpaired) electrons. The van der Waals surface area contributed by atoms with Gasteiger partial charge >= 0.3 is 42.1 Å². The maximum atomic E-state index is 11.7. The van der Waals surface area contributed by atoms with Crippen LogP contribution in [0.5, 0.6) is 0 Å². The highest BCUT2D eigenvalue weighted by Crippen LogP contribution is 2.23. The number of alkyl carbamates (subject to hydrolysis) is 1. The second kappa shape index (κ2) is 75.0. The first-order valence-electron chi connectivity index (χ1n) is 36.4. The van der Waals surface area contributed by atoms with Gasteiger partial charge in [-0.2, -0.15) is 9.59 Å². The summed E-state index contributed by atoms with van der Waals surface area (Å²) in [5.41, 5.74) is 6.68. The first-order chi connectivity index (χ1) is 45.2. The Balaban J connectivity index is -0.000000224. The summed E-state index contributed by atoms with van der Waals surface area (Å²) < 4.78 is 10.3. The topological polar surface area (TPSA) is 317 Å². The number of halogens is 1. The molecular formula is C78H144ClN3O17. The number of ketones is 1. The number of Topliss-reactive ketones (excluding diaryl/α,β-unsaturated/α-hetero) is 1. The van der Waals surface area contributed by atoms with Crippen LogP contribution in [0.1, 0.15) is 378 Å². The maximum absolute atomic E-state index is 11.7. The molecule has 1 aromatic rings. The third kappa shape index (κ3) is 86.4. The minimum Gasteiger partial charge on any atom is -0.481 e. The Morgan fingerprint density at radius 2 is 0.808 bits per heavy atom. The number of esters is 1. The zero-order valence-corrected chi connectivity index (χ0v) is 61.4. The van der Waals surface area contributed by atoms with Gasteiger partial charge in [0.25, 0.3) is 11.8 Å². The number of carboxylic acid groups (broad SMARTS) is 3. The van der Waals surface area contributed by atoms with Gasteiger partial charge in [-0.25, -0.2) is 9.59 Å². The van der Waals surface area contributed by atoms with E-state index in [0.29, 0.717) is 48.5 Å². The van der Waals surface area contributed by atoms with E-state index in [-0.39, 0.29) is 66.7 Å². The molecule has 0 saturated carbocycles. The SMILES string of the molecule is C.C.C.CC(=O)CCCCCCCCCCCCCCC(=O)O.CC(C)(C)CCCCCCCCCCCCCCC(=O)ON1C(=O)CCC1=O.CC(C)(C)OC(=O)[C@@H](N)CCCCNC(=O)OCc1ccccc1.Cl.O=C(O)CCCCCCCCCCCCCCC(=O)O.O=C=O. The van der Waals surface area contributed by atoms with Gasteiger partial charge in [0.2, 0.25) is 0 Å². The van der Waals surface area contributed by atoms with Crippen LogP contribution in [-0.2, 0) is 68.9 Å². The van der Waals surface area contributed by atoms with E-state index in [9.17, 15) is 43.2 Å². The lowest BCUT2D eigenvalue weighted by Gasteiger charge is -2.22. The number of benzene rings is 1. The molecule has 1 saturated heterocycles. The molecule has 1 fully saturated rings. The summed E-state index contributed by atoms with van der Waals surface area (Å²) in [7, 11) is 0. The first kappa shape index (κ1) is 107. The van der Waals surface area contributed by atoms with Crippen molar-refractivity contribution in [2.24, 2.45) is 11.1 Å². The molecule has 1 atom stereocenters. The molecule has 0 aromatic heterocycles. The van der Waals surface area contributed by atoms with E-state index >= 15 is 0 Å². The third-order valence-corrected chi connectivity index (χ3v) is 15.6. The van der Waals surface area contributed by atoms with Crippen LogP contribution in [0.2, 0.25) is 0 Å². The first-order valence-corrected chi connectivity index (χ1v) is 36.4. The standard InChI is InChI=1S/C23H41NO4.C18H28N2O4.C17H32O3.C16H30O4.CO2.3CH4.ClH/c1-23(2,3)19-15-13-11-9-7-5-4-6-8-10-12-14-16-22(27)28-24-20(25)17-18-21(24)26;1-18(2,3)24-16(21)15(19)11-7-8-12-20-17(22)23-13-14-9-5-4-6-10-14;1-16(18)14-12-10-8-6-4-2-3-5-7-9-11-13-15-17(19)20;17-15(18)13-11-9-7-5-3-1-2-4-6-8-10-12-14-16(19)20;2-1-3;;;;/h4-19H2,1-3H3;4-6,9-10,15H,7-8,11-13,19H2,1-3H3,(H,20,22);2-15H2,1H3,(H,19,20);1-14H2,(H,17,18)(H,19,20);;3*1H4;1H/t;15-;;;;;;;/m.0......./s1. The van der Waals surface area contributed by atoms with Crippen LogP contribution < -0.4 is 11.1 Å². The lowest BCUT2D eigenvalue weighted by atomic mass is 9.89. The van der Waals surface area contributed by atoms with Crippen LogP contribution >= 0.6 is 12.4 Å². The van der Waals surface area contributed by atoms with Gasteiger partial charge in [0.1, 0.15) is 24.0 Å². The highest BCUT2D eigenvalue weighted by Gasteiger charge is 2.32. The summed E-state index contributed by atoms with van der Waals surface area (Å²) >= 11 is 0. The van der Waals surface area contributed by atoms with Crippen molar-refractivity contribution < 1.29 is 82.4 Å². The largest absolute Gasteiger partial charge is 0.481 e. The van der Waals surface area contributed by atoms with Crippen LogP contribution in [0.3, 0.4) is 0 Å². The van der Waals surface area contributed by atoms with Crippen molar-refractivity contribution in [3.05, 3.63) is 35.9 Å². The highest BCUT2D eigenvalue weighted by atomic mass is 35.5. The number of hydrogen-bond donors (Lipinski definition) is 5. The Morgan fingerprint density at radius 1 is 0.495 bits per heavy atom. The van der Waals surface area contributed by atoms with Gasteiger partial charge in [0, 0.05) is 51.5 Å². The molecule has 0 bridgehead atoms. The summed E-state index contributed by atoms with van der Waals surface area (Å²) in [5, 5.41) is 28.8. The molecule has 6 N–H and O–H groups in total. The predicted octanol–water partition coefficient (Wildman–Crippen LogP) is 20.3. The van der Waals surface area contributed by atoms with E-state index in [4.69, 9.17) is 45.0 Å². The fourth-order valence-corrected chi connectivity index (χ4v) is 10.2. The lowest BCUT2D eigenvalue weighted by molar-refractivity contribution is -0.197. The number of rotatable bonds is 53. The fraction of sp³-hybridized carbons (Fsp3) is 0.795. The number of carboxylic acids is 3. The van der Waals surface area contributed by atoms with Crippen molar-refractivity contribution in [1.82, 2.24) is 10.4 Å². The average Bonchev–Trinajstić information content (AvgIpc) is 1.75. The smallest absolute Gasteiger partial charge is 0.407 e. The number of unbranched alkanes of at least 4 members (excludes halogenated alkanes) is 34. The Hall–Kier alpha value is -5.72. The summed E-state index contributed by atoms with van der Waals surface area (Å²) in [6.45, 7) is 14.8. The second-order valence-corrected chi connectivity index (χ2v) is 27.4. The number of nitrogens with one attached hydrogen (secondary N) is 1. The van der Waals surface area contributed by atoms with Crippen LogP contribution in [0.15, 0.2) is 30.3 Å². The van der Waals surface area contributed by atoms with Crippen molar-refractivity contribution in [3.63, 3.8) is 0 Å². The van der Waals surface area contributed by atoms with Gasteiger partial charge in [-0.3, -0.25) is 28.8 Å². The van der Waals surface area contributed by atoms with Crippen LogP contribution in [0.4, 0.5) is 4.79 Å². The molecule has 2 rings (SSSR count). The van der Waals surface area contributed by atoms with Crippen molar-refractivity contribution in [1.29, 1.82) is 0 Å². The molecule has 1 aliphatic rings. The lowest BCUT2D eigenvalue weighted by Crippen LogP contribution is -2.37. The van der Waals surface area contributed by atoms with Crippen molar-refractivity contribution >= 4 is 72.1 Å². The van der Waals surface area contributed by atoms with E-state index in [1.54, 1.807) is 6.92 Å². The molecular weight excluding hydrogens is 1290 g/mol. The molecule has 0 unspecified atom stereocenters.